The van der Waals surface area contributed by atoms with E-state index in [0.717, 1.165) is 10.9 Å². The monoisotopic (exact) mass is 407 g/mol. The van der Waals surface area contributed by atoms with Crippen molar-refractivity contribution in [3.05, 3.63) is 48.1 Å². The van der Waals surface area contributed by atoms with E-state index < -0.39 is 0 Å². The first-order valence-electron chi connectivity index (χ1n) is 11.0. The Morgan fingerprint density at radius 2 is 1.37 bits per heavy atom. The molecule has 0 spiro atoms. The zero-order valence-electron chi connectivity index (χ0n) is 19.5. The van der Waals surface area contributed by atoms with E-state index in [1.807, 2.05) is 0 Å². The third kappa shape index (κ3) is 4.40. The molecular weight excluding hydrogens is 372 g/mol. The summed E-state index contributed by atoms with van der Waals surface area (Å²) < 4.78 is 8.59. The number of benzene rings is 2. The second-order valence-electron chi connectivity index (χ2n) is 8.93. The summed E-state index contributed by atoms with van der Waals surface area (Å²) >= 11 is 0. The van der Waals surface area contributed by atoms with Crippen LogP contribution in [0.1, 0.15) is 55.4 Å². The van der Waals surface area contributed by atoms with Gasteiger partial charge in [0.05, 0.1) is 12.1 Å². The predicted octanol–water partition coefficient (Wildman–Crippen LogP) is 5.10. The molecule has 0 aliphatic rings. The Bertz CT molecular complexity index is 1060. The summed E-state index contributed by atoms with van der Waals surface area (Å²) in [7, 11) is 0. The van der Waals surface area contributed by atoms with Crippen molar-refractivity contribution < 1.29 is 4.42 Å². The lowest BCUT2D eigenvalue weighted by molar-refractivity contribution is 0.325. The molecule has 0 bridgehead atoms. The van der Waals surface area contributed by atoms with Gasteiger partial charge in [0.25, 0.3) is 0 Å². The van der Waals surface area contributed by atoms with E-state index in [-0.39, 0.29) is 24.2 Å². The molecule has 30 heavy (non-hydrogen) atoms. The minimum atomic E-state index is 0.253. The maximum atomic E-state index is 6.38. The molecule has 0 N–H and O–H groups in total. The average molecular weight is 408 g/mol. The highest BCUT2D eigenvalue weighted by Crippen LogP contribution is 2.28. The van der Waals surface area contributed by atoms with Gasteiger partial charge in [0, 0.05) is 22.6 Å². The molecule has 0 unspecified atom stereocenters. The van der Waals surface area contributed by atoms with Crippen LogP contribution in [-0.4, -0.2) is 34.1 Å². The smallest absolute Gasteiger partial charge is 0.369 e. The molecule has 2 aromatic carbocycles. The highest BCUT2D eigenvalue weighted by Gasteiger charge is 2.26. The summed E-state index contributed by atoms with van der Waals surface area (Å²) in [6.45, 7) is 17.4. The molecule has 0 aliphatic carbocycles. The largest absolute Gasteiger partial charge is 0.504 e. The van der Waals surface area contributed by atoms with Crippen LogP contribution in [0.25, 0.3) is 22.2 Å². The molecule has 0 atom stereocenters. The topological polar surface area (TPSA) is 45.2 Å². The molecule has 0 amide bonds. The van der Waals surface area contributed by atoms with E-state index in [1.54, 1.807) is 0 Å². The fraction of sp³-hybridized carbons (Fsp3) is 0.480. The Kier molecular flexibility index (Phi) is 6.59. The molecule has 160 valence electrons. The predicted molar refractivity (Wildman–Crippen MR) is 126 cm³/mol. The van der Waals surface area contributed by atoms with E-state index in [0.29, 0.717) is 17.5 Å². The second-order valence-corrected chi connectivity index (χ2v) is 8.93. The van der Waals surface area contributed by atoms with E-state index in [9.17, 15) is 0 Å². The van der Waals surface area contributed by atoms with Gasteiger partial charge in [-0.3, -0.25) is 0 Å². The Labute approximate surface area is 180 Å². The van der Waals surface area contributed by atoms with E-state index >= 15 is 0 Å². The second kappa shape index (κ2) is 8.99. The van der Waals surface area contributed by atoms with Gasteiger partial charge in [-0.1, -0.05) is 36.4 Å². The molecule has 5 heteroatoms. The average Bonchev–Trinajstić information content (AvgIpc) is 2.66. The molecule has 3 rings (SSSR count). The van der Waals surface area contributed by atoms with Crippen LogP contribution in [0.3, 0.4) is 0 Å². The van der Waals surface area contributed by atoms with Crippen molar-refractivity contribution in [2.45, 2.75) is 79.6 Å². The molecular formula is C25H35N4O+. The summed E-state index contributed by atoms with van der Waals surface area (Å²) in [4.78, 5) is 12.1. The van der Waals surface area contributed by atoms with Gasteiger partial charge in [-0.15, -0.1) is 0 Å². The van der Waals surface area contributed by atoms with Gasteiger partial charge in [-0.25, -0.2) is 4.58 Å². The summed E-state index contributed by atoms with van der Waals surface area (Å²) in [6, 6.07) is 15.6. The molecule has 3 aromatic rings. The van der Waals surface area contributed by atoms with E-state index in [4.69, 9.17) is 14.4 Å². The lowest BCUT2D eigenvalue weighted by Gasteiger charge is -2.28. The lowest BCUT2D eigenvalue weighted by Crippen LogP contribution is -2.45. The minimum Gasteiger partial charge on any atom is -0.369 e. The van der Waals surface area contributed by atoms with Crippen LogP contribution < -0.4 is 15.2 Å². The summed E-state index contributed by atoms with van der Waals surface area (Å²) in [5, 5.41) is 2.29. The molecule has 0 fully saturated rings. The third-order valence-electron chi connectivity index (χ3n) is 5.28. The quantitative estimate of drug-likeness (QED) is 0.533. The molecule has 0 aliphatic heterocycles. The maximum absolute atomic E-state index is 6.38. The first-order chi connectivity index (χ1) is 14.2. The Morgan fingerprint density at radius 3 is 1.97 bits per heavy atom. The number of hydrogen-bond donors (Lipinski definition) is 0. The third-order valence-corrected chi connectivity index (χ3v) is 5.28. The van der Waals surface area contributed by atoms with Crippen molar-refractivity contribution in [2.24, 2.45) is 0 Å². The first kappa shape index (κ1) is 22.0. The Hall–Kier alpha value is -2.69. The van der Waals surface area contributed by atoms with Gasteiger partial charge >= 0.3 is 11.6 Å². The number of anilines is 1. The highest BCUT2D eigenvalue weighted by atomic mass is 16.4. The number of hydrogen-bond acceptors (Lipinski definition) is 4. The molecule has 0 radical (unpaired) electrons. The van der Waals surface area contributed by atoms with Gasteiger partial charge in [0.1, 0.15) is 0 Å². The number of rotatable bonds is 6. The molecule has 0 saturated heterocycles. The lowest BCUT2D eigenvalue weighted by atomic mass is 10.0. The normalized spacial score (nSPS) is 11.9. The minimum absolute atomic E-state index is 0.253. The fourth-order valence-electron chi connectivity index (χ4n) is 4.18. The van der Waals surface area contributed by atoms with Crippen LogP contribution in [0, 0.1) is 0 Å². The van der Waals surface area contributed by atoms with Crippen molar-refractivity contribution in [3.63, 3.8) is 0 Å². The summed E-state index contributed by atoms with van der Waals surface area (Å²) in [5.41, 5.74) is 1.59. The van der Waals surface area contributed by atoms with Gasteiger partial charge < -0.3 is 9.32 Å². The maximum Gasteiger partial charge on any atom is 0.504 e. The van der Waals surface area contributed by atoms with E-state index in [1.165, 1.54) is 5.39 Å². The van der Waals surface area contributed by atoms with Crippen LogP contribution in [0.2, 0.25) is 0 Å². The van der Waals surface area contributed by atoms with Gasteiger partial charge in [0.15, 0.2) is 0 Å². The van der Waals surface area contributed by atoms with Crippen molar-refractivity contribution >= 4 is 16.7 Å². The molecule has 1 aromatic heterocycles. The highest BCUT2D eigenvalue weighted by molar-refractivity contribution is 5.94. The van der Waals surface area contributed by atoms with E-state index in [2.05, 4.69) is 107 Å². The zero-order valence-corrected chi connectivity index (χ0v) is 19.5. The summed E-state index contributed by atoms with van der Waals surface area (Å²) in [5.74, 6) is 1.31. The number of nitrogens with zero attached hydrogens (tertiary/aromatic N) is 4. The van der Waals surface area contributed by atoms with Crippen LogP contribution >= 0.6 is 0 Å². The molecule has 0 saturated carbocycles. The van der Waals surface area contributed by atoms with Crippen molar-refractivity contribution in [2.75, 3.05) is 4.90 Å². The van der Waals surface area contributed by atoms with Crippen molar-refractivity contribution in [1.29, 1.82) is 0 Å². The zero-order chi connectivity index (χ0) is 22.0. The van der Waals surface area contributed by atoms with Crippen molar-refractivity contribution in [1.82, 2.24) is 14.5 Å². The van der Waals surface area contributed by atoms with Crippen LogP contribution in [0.15, 0.2) is 46.9 Å². The fourth-order valence-corrected chi connectivity index (χ4v) is 4.18. The number of aromatic nitrogens is 2. The van der Waals surface area contributed by atoms with Gasteiger partial charge in [-0.2, -0.15) is 4.98 Å². The Balaban J connectivity index is 2.40. The molecule has 5 nitrogen and oxygen atoms in total. The van der Waals surface area contributed by atoms with Crippen molar-refractivity contribution in [3.8, 4) is 11.5 Å². The van der Waals surface area contributed by atoms with Crippen LogP contribution in [0.4, 0.5) is 5.95 Å². The van der Waals surface area contributed by atoms with Crippen LogP contribution in [-0.2, 0) is 0 Å². The standard InChI is InChI=1S/C25H35N4O/c1-16(2)28(17(3)4)24-26-23(30-25(27-24)29(18(5)6)19(7)8)22-15-11-13-20-12-9-10-14-21(20)22/h9-19H,1-8H3/q+1. The van der Waals surface area contributed by atoms with Crippen LogP contribution in [0.5, 0.6) is 0 Å². The van der Waals surface area contributed by atoms with Gasteiger partial charge in [-0.05, 0) is 72.2 Å². The Morgan fingerprint density at radius 1 is 0.767 bits per heavy atom. The summed E-state index contributed by atoms with van der Waals surface area (Å²) in [6.07, 6.45) is 0. The van der Waals surface area contributed by atoms with Gasteiger partial charge in [0.2, 0.25) is 5.89 Å². The number of fused-ring (bicyclic) bond motifs is 1. The molecule has 1 heterocycles. The first-order valence-corrected chi connectivity index (χ1v) is 11.0. The SMILES string of the molecule is CC(C)N(c1nc(-c2cccc3ccccc23)oc(=[N+](C(C)C)C(C)C)n1)C(C)C.